The van der Waals surface area contributed by atoms with Gasteiger partial charge in [0.05, 0.1) is 20.1 Å². The minimum atomic E-state index is -0.108. The Labute approximate surface area is 248 Å². The van der Waals surface area contributed by atoms with Crippen molar-refractivity contribution in [3.8, 4) is 28.2 Å². The van der Waals surface area contributed by atoms with Crippen molar-refractivity contribution in [2.45, 2.75) is 83.1 Å². The van der Waals surface area contributed by atoms with Gasteiger partial charge in [0.1, 0.15) is 17.1 Å². The van der Waals surface area contributed by atoms with Gasteiger partial charge >= 0.3 is 0 Å². The van der Waals surface area contributed by atoms with Gasteiger partial charge in [-0.3, -0.25) is 4.79 Å². The number of phenols is 1. The highest BCUT2D eigenvalue weighted by atomic mass is 35.5. The first-order valence-electron chi connectivity index (χ1n) is 13.1. The first kappa shape index (κ1) is 36.1. The summed E-state index contributed by atoms with van der Waals surface area (Å²) in [5, 5.41) is 12.0. The molecule has 0 saturated carbocycles. The Bertz CT molecular complexity index is 1410. The molecule has 2 aromatic rings. The monoisotopic (exact) mass is 600 g/mol. The second kappa shape index (κ2) is 16.3. The third-order valence-corrected chi connectivity index (χ3v) is 7.19. The van der Waals surface area contributed by atoms with Crippen LogP contribution >= 0.6 is 46.4 Å². The van der Waals surface area contributed by atoms with Crippen molar-refractivity contribution < 1.29 is 9.52 Å². The van der Waals surface area contributed by atoms with Gasteiger partial charge in [-0.25, -0.2) is 0 Å². The number of aromatic hydroxyl groups is 1. The van der Waals surface area contributed by atoms with E-state index in [1.54, 1.807) is 39.8 Å². The number of aryl methyl sites for hydroxylation is 3. The van der Waals surface area contributed by atoms with Crippen LogP contribution < -0.4 is 5.43 Å². The van der Waals surface area contributed by atoms with Crippen LogP contribution in [0.4, 0.5) is 0 Å². The number of hydrogen-bond acceptors (Lipinski definition) is 3. The van der Waals surface area contributed by atoms with Gasteiger partial charge in [0, 0.05) is 33.2 Å². The standard InChI is InChI=1S/C23H16Cl4O3.4C2H6/c1-8-5-13-16(12-7-15(24)18(26)19(27)17(12)25)14-6-9(2)21(29)11(4)23(14)30-22(13)10(3)20(8)28;4*1-2/h5-7,28H,1-4H3;4*1-2H3. The van der Waals surface area contributed by atoms with Crippen LogP contribution in [0.2, 0.25) is 20.1 Å². The van der Waals surface area contributed by atoms with Crippen LogP contribution in [-0.2, 0) is 0 Å². The zero-order chi connectivity index (χ0) is 30.1. The Hall–Kier alpha value is -1.91. The van der Waals surface area contributed by atoms with E-state index >= 15 is 0 Å². The minimum Gasteiger partial charge on any atom is -0.507 e. The maximum Gasteiger partial charge on any atom is 0.188 e. The van der Waals surface area contributed by atoms with Crippen molar-refractivity contribution in [1.82, 2.24) is 0 Å². The normalized spacial score (nSPS) is 9.79. The Morgan fingerprint density at radius 3 is 1.71 bits per heavy atom. The van der Waals surface area contributed by atoms with E-state index in [1.807, 2.05) is 61.5 Å². The second-order valence-corrected chi connectivity index (χ2v) is 8.93. The van der Waals surface area contributed by atoms with Gasteiger partial charge in [-0.05, 0) is 57.0 Å². The average molecular weight is 602 g/mol. The minimum absolute atomic E-state index is 0.108. The molecule has 0 spiro atoms. The van der Waals surface area contributed by atoms with E-state index in [0.29, 0.717) is 55.7 Å². The molecule has 1 aliphatic carbocycles. The molecule has 3 nitrogen and oxygen atoms in total. The molecule has 0 saturated heterocycles. The molecule has 1 heterocycles. The summed E-state index contributed by atoms with van der Waals surface area (Å²) in [7, 11) is 0. The first-order valence-corrected chi connectivity index (χ1v) is 14.6. The van der Waals surface area contributed by atoms with Gasteiger partial charge in [-0.2, -0.15) is 0 Å². The molecule has 210 valence electrons. The molecule has 7 heteroatoms. The molecule has 0 radical (unpaired) electrons. The Morgan fingerprint density at radius 1 is 0.658 bits per heavy atom. The Balaban J connectivity index is 0.00000157. The molecule has 2 aliphatic rings. The van der Waals surface area contributed by atoms with E-state index in [4.69, 9.17) is 50.8 Å². The van der Waals surface area contributed by atoms with Crippen molar-refractivity contribution in [2.24, 2.45) is 0 Å². The SMILES string of the molecule is CC.CC.CC.CC.Cc1cc2c(-c3cc(Cl)c(Cl)c(Cl)c3Cl)c3cc(C)c(=O)c(C)c-3oc2c(C)c1O. The fourth-order valence-corrected chi connectivity index (χ4v) is 4.73. The summed E-state index contributed by atoms with van der Waals surface area (Å²) in [6.45, 7) is 23.0. The van der Waals surface area contributed by atoms with E-state index in [0.717, 1.165) is 0 Å². The van der Waals surface area contributed by atoms with Crippen LogP contribution in [-0.4, -0.2) is 5.11 Å². The summed E-state index contributed by atoms with van der Waals surface area (Å²) < 4.78 is 6.17. The van der Waals surface area contributed by atoms with Gasteiger partial charge in [0.2, 0.25) is 0 Å². The summed E-state index contributed by atoms with van der Waals surface area (Å²) in [6.07, 6.45) is 0. The summed E-state index contributed by atoms with van der Waals surface area (Å²) >= 11 is 25.5. The largest absolute Gasteiger partial charge is 0.507 e. The molecule has 0 fully saturated rings. The summed E-state index contributed by atoms with van der Waals surface area (Å²) in [5.41, 5.74) is 4.57. The Kier molecular flexibility index (Phi) is 15.4. The third kappa shape index (κ3) is 6.80. The molecule has 0 bridgehead atoms. The predicted octanol–water partition coefficient (Wildman–Crippen LogP) is 12.2. The molecule has 0 amide bonds. The fourth-order valence-electron chi connectivity index (χ4n) is 3.83. The fraction of sp³-hybridized carbons (Fsp3) is 0.387. The van der Waals surface area contributed by atoms with Crippen molar-refractivity contribution >= 4 is 57.4 Å². The van der Waals surface area contributed by atoms with Crippen LogP contribution in [0.3, 0.4) is 0 Å². The molecule has 2 aromatic carbocycles. The maximum atomic E-state index is 12.6. The smallest absolute Gasteiger partial charge is 0.188 e. The zero-order valence-corrected chi connectivity index (χ0v) is 27.5. The molecule has 0 aromatic heterocycles. The van der Waals surface area contributed by atoms with Crippen LogP contribution in [0.1, 0.15) is 77.6 Å². The lowest BCUT2D eigenvalue weighted by molar-refractivity contribution is 0.465. The number of hydrogen-bond donors (Lipinski definition) is 1. The lowest BCUT2D eigenvalue weighted by Crippen LogP contribution is -2.11. The molecule has 1 N–H and O–H groups in total. The third-order valence-electron chi connectivity index (χ3n) is 5.43. The molecule has 4 rings (SSSR count). The lowest BCUT2D eigenvalue weighted by Gasteiger charge is -2.21. The highest BCUT2D eigenvalue weighted by Crippen LogP contribution is 2.49. The second-order valence-electron chi connectivity index (χ2n) is 7.39. The number of rotatable bonds is 1. The van der Waals surface area contributed by atoms with E-state index in [1.165, 1.54) is 0 Å². The number of phenolic OH excluding ortho intramolecular Hbond substituents is 1. The van der Waals surface area contributed by atoms with E-state index < -0.39 is 0 Å². The molecule has 38 heavy (non-hydrogen) atoms. The van der Waals surface area contributed by atoms with E-state index in [-0.39, 0.29) is 31.3 Å². The Morgan fingerprint density at radius 2 is 1.18 bits per heavy atom. The zero-order valence-electron chi connectivity index (χ0n) is 24.5. The quantitative estimate of drug-likeness (QED) is 0.134. The van der Waals surface area contributed by atoms with Crippen LogP contribution in [0, 0.1) is 27.7 Å². The van der Waals surface area contributed by atoms with Gasteiger partial charge < -0.3 is 9.52 Å². The van der Waals surface area contributed by atoms with Crippen molar-refractivity contribution in [3.63, 3.8) is 0 Å². The number of fused-ring (bicyclic) bond motifs is 2. The molecule has 0 atom stereocenters. The summed E-state index contributed by atoms with van der Waals surface area (Å²) in [6, 6.07) is 5.24. The van der Waals surface area contributed by atoms with Gasteiger partial charge in [0.15, 0.2) is 5.43 Å². The predicted molar refractivity (Wildman–Crippen MR) is 171 cm³/mol. The van der Waals surface area contributed by atoms with Crippen LogP contribution in [0.15, 0.2) is 27.4 Å². The maximum absolute atomic E-state index is 12.6. The average Bonchev–Trinajstić information content (AvgIpc) is 2.95. The molecular weight excluding hydrogens is 562 g/mol. The molecule has 0 unspecified atom stereocenters. The number of benzene rings is 3. The van der Waals surface area contributed by atoms with Crippen molar-refractivity contribution in [3.05, 3.63) is 70.8 Å². The topological polar surface area (TPSA) is 50.4 Å². The summed E-state index contributed by atoms with van der Waals surface area (Å²) in [4.78, 5) is 12.6. The molecule has 1 aliphatic heterocycles. The first-order chi connectivity index (χ1) is 18.0. The van der Waals surface area contributed by atoms with E-state index in [2.05, 4.69) is 0 Å². The van der Waals surface area contributed by atoms with Crippen LogP contribution in [0.25, 0.3) is 33.4 Å². The van der Waals surface area contributed by atoms with Gasteiger partial charge in [-0.1, -0.05) is 102 Å². The number of halogens is 4. The highest BCUT2D eigenvalue weighted by molar-refractivity contribution is 6.53. The van der Waals surface area contributed by atoms with Crippen molar-refractivity contribution in [2.75, 3.05) is 0 Å². The van der Waals surface area contributed by atoms with Gasteiger partial charge in [0.25, 0.3) is 0 Å². The summed E-state index contributed by atoms with van der Waals surface area (Å²) in [5.74, 6) is 0.541. The molecular formula is C31H40Cl4O3. The highest BCUT2D eigenvalue weighted by Gasteiger charge is 2.26. The van der Waals surface area contributed by atoms with Crippen LogP contribution in [0.5, 0.6) is 5.75 Å². The van der Waals surface area contributed by atoms with E-state index in [9.17, 15) is 9.90 Å². The van der Waals surface area contributed by atoms with Crippen molar-refractivity contribution in [1.29, 1.82) is 0 Å². The van der Waals surface area contributed by atoms with Gasteiger partial charge in [-0.15, -0.1) is 0 Å². The lowest BCUT2D eigenvalue weighted by atomic mass is 9.89.